The lowest BCUT2D eigenvalue weighted by atomic mass is 10.00. The average molecular weight is 300 g/mol. The molecule has 4 nitrogen and oxygen atoms in total. The molecule has 0 radical (unpaired) electrons. The molecule has 1 aliphatic rings. The molecule has 2 N–H and O–H groups in total. The van der Waals surface area contributed by atoms with Crippen LogP contribution in [0.3, 0.4) is 0 Å². The van der Waals surface area contributed by atoms with Gasteiger partial charge in [-0.2, -0.15) is 13.2 Å². The van der Waals surface area contributed by atoms with Gasteiger partial charge in [0.15, 0.2) is 0 Å². The van der Waals surface area contributed by atoms with Gasteiger partial charge in [-0.3, -0.25) is 9.59 Å². The third kappa shape index (κ3) is 4.21. The van der Waals surface area contributed by atoms with Gasteiger partial charge in [0, 0.05) is 23.7 Å². The van der Waals surface area contributed by atoms with Gasteiger partial charge < -0.3 is 10.6 Å². The lowest BCUT2D eigenvalue weighted by Gasteiger charge is -2.19. The predicted octanol–water partition coefficient (Wildman–Crippen LogP) is 2.64. The van der Waals surface area contributed by atoms with Crippen molar-refractivity contribution >= 4 is 17.5 Å². The number of hydrogen-bond acceptors (Lipinski definition) is 2. The van der Waals surface area contributed by atoms with Gasteiger partial charge in [0.2, 0.25) is 5.91 Å². The molecule has 1 unspecified atom stereocenters. The molecule has 1 aromatic rings. The Labute approximate surface area is 119 Å². The third-order valence-electron chi connectivity index (χ3n) is 3.18. The molecule has 0 bridgehead atoms. The highest BCUT2D eigenvalue weighted by molar-refractivity contribution is 5.98. The number of nitrogens with one attached hydrogen (secondary N) is 2. The maximum atomic E-state index is 12.2. The quantitative estimate of drug-likeness (QED) is 0.901. The predicted molar refractivity (Wildman–Crippen MR) is 71.0 cm³/mol. The Morgan fingerprint density at radius 3 is 2.76 bits per heavy atom. The molecule has 1 atom stereocenters. The molecule has 7 heteroatoms. The summed E-state index contributed by atoms with van der Waals surface area (Å²) in [7, 11) is 0. The van der Waals surface area contributed by atoms with Crippen LogP contribution in [0.4, 0.5) is 18.9 Å². The summed E-state index contributed by atoms with van der Waals surface area (Å²) < 4.78 is 36.7. The van der Waals surface area contributed by atoms with Crippen LogP contribution in [0.5, 0.6) is 0 Å². The topological polar surface area (TPSA) is 58.2 Å². The minimum atomic E-state index is -4.31. The summed E-state index contributed by atoms with van der Waals surface area (Å²) >= 11 is 0. The number of halogens is 3. The smallest absolute Gasteiger partial charge is 0.349 e. The van der Waals surface area contributed by atoms with Crippen molar-refractivity contribution in [3.8, 4) is 0 Å². The van der Waals surface area contributed by atoms with E-state index in [1.165, 1.54) is 13.0 Å². The van der Waals surface area contributed by atoms with Gasteiger partial charge in [0.05, 0.1) is 6.42 Å². The van der Waals surface area contributed by atoms with E-state index in [1.807, 2.05) is 0 Å². The van der Waals surface area contributed by atoms with Crippen molar-refractivity contribution < 1.29 is 22.8 Å². The zero-order valence-electron chi connectivity index (χ0n) is 11.4. The fourth-order valence-electron chi connectivity index (χ4n) is 2.23. The van der Waals surface area contributed by atoms with E-state index in [1.54, 1.807) is 12.1 Å². The van der Waals surface area contributed by atoms with Gasteiger partial charge in [-0.15, -0.1) is 0 Å². The summed E-state index contributed by atoms with van der Waals surface area (Å²) in [5.74, 6) is -0.634. The molecule has 1 heterocycles. The highest BCUT2D eigenvalue weighted by Gasteiger charge is 2.30. The summed E-state index contributed by atoms with van der Waals surface area (Å²) in [6, 6.07) is 3.69. The van der Waals surface area contributed by atoms with Crippen LogP contribution >= 0.6 is 0 Å². The molecule has 21 heavy (non-hydrogen) atoms. The molecule has 0 saturated heterocycles. The highest BCUT2D eigenvalue weighted by Crippen LogP contribution is 2.24. The van der Waals surface area contributed by atoms with E-state index in [-0.39, 0.29) is 5.91 Å². The number of hydrogen-bond donors (Lipinski definition) is 2. The van der Waals surface area contributed by atoms with E-state index in [2.05, 4.69) is 10.6 Å². The fraction of sp³-hybridized carbons (Fsp3) is 0.429. The molecule has 0 aliphatic carbocycles. The van der Waals surface area contributed by atoms with Crippen LogP contribution in [0.25, 0.3) is 0 Å². The van der Waals surface area contributed by atoms with Crippen molar-refractivity contribution in [2.24, 2.45) is 0 Å². The van der Waals surface area contributed by atoms with Crippen LogP contribution < -0.4 is 10.6 Å². The summed E-state index contributed by atoms with van der Waals surface area (Å²) in [6.07, 6.45) is -4.53. The molecule has 0 saturated carbocycles. The second kappa shape index (κ2) is 5.75. The second-order valence-electron chi connectivity index (χ2n) is 5.11. The average Bonchev–Trinajstić information content (AvgIpc) is 2.35. The minimum absolute atomic E-state index is 0.0847. The van der Waals surface area contributed by atoms with E-state index in [0.717, 1.165) is 5.56 Å². The van der Waals surface area contributed by atoms with Crippen molar-refractivity contribution in [1.82, 2.24) is 5.32 Å². The Bertz CT molecular complexity index is 570. The van der Waals surface area contributed by atoms with Crippen molar-refractivity contribution in [1.29, 1.82) is 0 Å². The first-order valence-electron chi connectivity index (χ1n) is 6.55. The normalized spacial score (nSPS) is 15.9. The summed E-state index contributed by atoms with van der Waals surface area (Å²) in [5.41, 5.74) is 1.75. The molecule has 1 aliphatic heterocycles. The Balaban J connectivity index is 2.05. The number of fused-ring (bicyclic) bond motifs is 1. The van der Waals surface area contributed by atoms with Crippen molar-refractivity contribution in [3.63, 3.8) is 0 Å². The van der Waals surface area contributed by atoms with Crippen LogP contribution in [0, 0.1) is 0 Å². The number of anilines is 1. The Morgan fingerprint density at radius 2 is 2.10 bits per heavy atom. The minimum Gasteiger partial charge on any atom is -0.349 e. The van der Waals surface area contributed by atoms with E-state index in [0.29, 0.717) is 24.1 Å². The van der Waals surface area contributed by atoms with E-state index >= 15 is 0 Å². The number of carbonyl (C=O) groups excluding carboxylic acids is 2. The zero-order chi connectivity index (χ0) is 15.6. The lowest BCUT2D eigenvalue weighted by Crippen LogP contribution is -2.36. The summed E-state index contributed by atoms with van der Waals surface area (Å²) in [6.45, 7) is 1.31. The maximum absolute atomic E-state index is 12.2. The molecular weight excluding hydrogens is 285 g/mol. The van der Waals surface area contributed by atoms with Gasteiger partial charge in [0.1, 0.15) is 0 Å². The fourth-order valence-corrected chi connectivity index (χ4v) is 2.23. The van der Waals surface area contributed by atoms with Crippen LogP contribution in [-0.4, -0.2) is 24.0 Å². The molecule has 2 amide bonds. The lowest BCUT2D eigenvalue weighted by molar-refractivity contribution is -0.138. The SMILES string of the molecule is CC(CC(F)(F)F)NC(=O)c1ccc2c(c1)CCC(=O)N2. The third-order valence-corrected chi connectivity index (χ3v) is 3.18. The Kier molecular flexibility index (Phi) is 4.20. The Morgan fingerprint density at radius 1 is 1.38 bits per heavy atom. The standard InChI is InChI=1S/C14H15F3N2O2/c1-8(7-14(15,16)17)18-13(21)10-2-4-11-9(6-10)3-5-12(20)19-11/h2,4,6,8H,3,5,7H2,1H3,(H,18,21)(H,19,20). The van der Waals surface area contributed by atoms with Gasteiger partial charge in [0.25, 0.3) is 5.91 Å². The zero-order valence-corrected chi connectivity index (χ0v) is 11.4. The second-order valence-corrected chi connectivity index (χ2v) is 5.11. The number of alkyl halides is 3. The number of amides is 2. The number of benzene rings is 1. The first kappa shape index (κ1) is 15.3. The van der Waals surface area contributed by atoms with Gasteiger partial charge in [-0.05, 0) is 37.1 Å². The molecular formula is C14H15F3N2O2. The van der Waals surface area contributed by atoms with Crippen molar-refractivity contribution in [2.75, 3.05) is 5.32 Å². The summed E-state index contributed by atoms with van der Waals surface area (Å²) in [4.78, 5) is 23.2. The van der Waals surface area contributed by atoms with Crippen molar-refractivity contribution in [3.05, 3.63) is 29.3 Å². The van der Waals surface area contributed by atoms with Crippen molar-refractivity contribution in [2.45, 2.75) is 38.4 Å². The number of carbonyl (C=O) groups is 2. The van der Waals surface area contributed by atoms with Gasteiger partial charge in [-0.1, -0.05) is 0 Å². The Hall–Kier alpha value is -2.05. The first-order chi connectivity index (χ1) is 9.74. The largest absolute Gasteiger partial charge is 0.391 e. The monoisotopic (exact) mass is 300 g/mol. The highest BCUT2D eigenvalue weighted by atomic mass is 19.4. The van der Waals surface area contributed by atoms with E-state index < -0.39 is 24.5 Å². The number of rotatable bonds is 3. The molecule has 0 spiro atoms. The molecule has 1 aromatic carbocycles. The van der Waals surface area contributed by atoms with E-state index in [4.69, 9.17) is 0 Å². The maximum Gasteiger partial charge on any atom is 0.391 e. The van der Waals surface area contributed by atoms with Crippen LogP contribution in [0.15, 0.2) is 18.2 Å². The van der Waals surface area contributed by atoms with Gasteiger partial charge in [-0.25, -0.2) is 0 Å². The molecule has 0 fully saturated rings. The number of aryl methyl sites for hydroxylation is 1. The first-order valence-corrected chi connectivity index (χ1v) is 6.55. The van der Waals surface area contributed by atoms with Crippen LogP contribution in [0.2, 0.25) is 0 Å². The summed E-state index contributed by atoms with van der Waals surface area (Å²) in [5, 5.41) is 5.00. The van der Waals surface area contributed by atoms with Gasteiger partial charge >= 0.3 is 6.18 Å². The molecule has 0 aromatic heterocycles. The van der Waals surface area contributed by atoms with E-state index in [9.17, 15) is 22.8 Å². The van der Waals surface area contributed by atoms with Crippen LogP contribution in [0.1, 0.15) is 35.7 Å². The molecule has 2 rings (SSSR count). The van der Waals surface area contributed by atoms with Crippen LogP contribution in [-0.2, 0) is 11.2 Å². The molecule has 114 valence electrons.